The molecular weight excluding hydrogens is 300 g/mol. The molecule has 0 radical (unpaired) electrons. The molecule has 19 heavy (non-hydrogen) atoms. The van der Waals surface area contributed by atoms with Crippen LogP contribution in [0.25, 0.3) is 0 Å². The maximum Gasteiger partial charge on any atom is 0.416 e. The Hall–Kier alpha value is -0.990. The van der Waals surface area contributed by atoms with Crippen LogP contribution < -0.4 is 5.73 Å². The average Bonchev–Trinajstić information content (AvgIpc) is 2.25. The van der Waals surface area contributed by atoms with Gasteiger partial charge in [0.1, 0.15) is 0 Å². The zero-order valence-corrected chi connectivity index (χ0v) is 9.81. The molecule has 0 saturated heterocycles. The van der Waals surface area contributed by atoms with Gasteiger partial charge in [-0.05, 0) is 23.8 Å². The van der Waals surface area contributed by atoms with Crippen LogP contribution in [0, 0.1) is 0 Å². The largest absolute Gasteiger partial charge is 0.416 e. The predicted octanol–water partition coefficient (Wildman–Crippen LogP) is 3.28. The van der Waals surface area contributed by atoms with Crippen LogP contribution in [0.1, 0.15) is 17.2 Å². The maximum absolute atomic E-state index is 12.4. The van der Waals surface area contributed by atoms with Gasteiger partial charge < -0.3 is 10.8 Å². The minimum absolute atomic E-state index is 0.385. The minimum atomic E-state index is -5.06. The van der Waals surface area contributed by atoms with Crippen molar-refractivity contribution in [3.8, 4) is 0 Å². The van der Waals surface area contributed by atoms with Crippen molar-refractivity contribution in [2.45, 2.75) is 24.5 Å². The van der Waals surface area contributed by atoms with Gasteiger partial charge in [0.2, 0.25) is 0 Å². The molecule has 0 aromatic heterocycles. The molecule has 0 heterocycles. The minimum Gasteiger partial charge on any atom is -0.382 e. The Morgan fingerprint density at radius 1 is 1.11 bits per heavy atom. The molecule has 0 spiro atoms. The quantitative estimate of drug-likeness (QED) is 0.824. The monoisotopic (exact) mass is 307 g/mol. The molecular formula is C10H8ClF6NO. The summed E-state index contributed by atoms with van der Waals surface area (Å²) in [4.78, 5) is 0. The summed E-state index contributed by atoms with van der Waals surface area (Å²) in [5.74, 6) is 0. The molecule has 1 rings (SSSR count). The van der Waals surface area contributed by atoms with Crippen LogP contribution in [0.4, 0.5) is 26.3 Å². The lowest BCUT2D eigenvalue weighted by molar-refractivity contribution is -0.210. The van der Waals surface area contributed by atoms with Gasteiger partial charge >= 0.3 is 12.4 Å². The summed E-state index contributed by atoms with van der Waals surface area (Å²) >= 11 is 5.51. The van der Waals surface area contributed by atoms with E-state index in [1.807, 2.05) is 0 Å². The van der Waals surface area contributed by atoms with Crippen LogP contribution in [-0.4, -0.2) is 17.4 Å². The molecule has 0 aliphatic carbocycles. The molecule has 0 fully saturated rings. The molecule has 9 heteroatoms. The van der Waals surface area contributed by atoms with Crippen LogP contribution in [0.5, 0.6) is 0 Å². The Labute approximate surface area is 108 Å². The number of benzene rings is 1. The molecule has 3 N–H and O–H groups in total. The number of hydrogen-bond donors (Lipinski definition) is 2. The van der Waals surface area contributed by atoms with Gasteiger partial charge in [0.05, 0.1) is 11.6 Å². The Bertz CT molecular complexity index is 458. The predicted molar refractivity (Wildman–Crippen MR) is 55.4 cm³/mol. The number of aliphatic hydroxyl groups is 1. The number of rotatable bonds is 2. The summed E-state index contributed by atoms with van der Waals surface area (Å²) in [6.45, 7) is 0. The summed E-state index contributed by atoms with van der Waals surface area (Å²) in [7, 11) is 0. The molecule has 0 amide bonds. The highest BCUT2D eigenvalue weighted by molar-refractivity contribution is 6.31. The van der Waals surface area contributed by atoms with E-state index in [2.05, 4.69) is 0 Å². The lowest BCUT2D eigenvalue weighted by Gasteiger charge is -2.23. The van der Waals surface area contributed by atoms with E-state index in [0.29, 0.717) is 12.1 Å². The van der Waals surface area contributed by atoms with Gasteiger partial charge in [0.15, 0.2) is 6.10 Å². The molecule has 0 saturated carbocycles. The molecule has 0 bridgehead atoms. The SMILES string of the molecule is N[C@@H](c1cc(C(F)(F)F)ccc1Cl)[C@H](O)C(F)(F)F. The van der Waals surface area contributed by atoms with Crippen molar-refractivity contribution in [3.63, 3.8) is 0 Å². The first-order valence-electron chi connectivity index (χ1n) is 4.81. The van der Waals surface area contributed by atoms with Crippen LogP contribution >= 0.6 is 11.6 Å². The molecule has 0 aliphatic heterocycles. The van der Waals surface area contributed by atoms with Crippen molar-refractivity contribution in [2.24, 2.45) is 5.73 Å². The van der Waals surface area contributed by atoms with Crippen molar-refractivity contribution in [1.29, 1.82) is 0 Å². The van der Waals surface area contributed by atoms with Gasteiger partial charge in [-0.15, -0.1) is 0 Å². The summed E-state index contributed by atoms with van der Waals surface area (Å²) in [6, 6.07) is -0.321. The van der Waals surface area contributed by atoms with E-state index >= 15 is 0 Å². The van der Waals surface area contributed by atoms with E-state index in [0.717, 1.165) is 6.07 Å². The maximum atomic E-state index is 12.4. The zero-order chi connectivity index (χ0) is 15.0. The van der Waals surface area contributed by atoms with E-state index < -0.39 is 35.6 Å². The number of halogens is 7. The Kier molecular flexibility index (Phi) is 4.38. The van der Waals surface area contributed by atoms with Crippen LogP contribution in [-0.2, 0) is 6.18 Å². The fourth-order valence-electron chi connectivity index (χ4n) is 1.35. The lowest BCUT2D eigenvalue weighted by atomic mass is 9.99. The highest BCUT2D eigenvalue weighted by Gasteiger charge is 2.43. The fraction of sp³-hybridized carbons (Fsp3) is 0.400. The first kappa shape index (κ1) is 16.1. The summed E-state index contributed by atoms with van der Waals surface area (Å²) in [5, 5.41) is 8.55. The third-order valence-electron chi connectivity index (χ3n) is 2.36. The van der Waals surface area contributed by atoms with Gasteiger partial charge in [-0.1, -0.05) is 11.6 Å². The van der Waals surface area contributed by atoms with Crippen molar-refractivity contribution < 1.29 is 31.4 Å². The third kappa shape index (κ3) is 3.74. The average molecular weight is 308 g/mol. The molecule has 108 valence electrons. The van der Waals surface area contributed by atoms with Gasteiger partial charge in [-0.25, -0.2) is 0 Å². The Morgan fingerprint density at radius 3 is 2.05 bits per heavy atom. The Balaban J connectivity index is 3.20. The van der Waals surface area contributed by atoms with Gasteiger partial charge in [0, 0.05) is 5.02 Å². The Morgan fingerprint density at radius 2 is 1.63 bits per heavy atom. The van der Waals surface area contributed by atoms with Gasteiger partial charge in [-0.3, -0.25) is 0 Å². The smallest absolute Gasteiger partial charge is 0.382 e. The van der Waals surface area contributed by atoms with Crippen molar-refractivity contribution in [1.82, 2.24) is 0 Å². The first-order valence-corrected chi connectivity index (χ1v) is 5.19. The first-order chi connectivity index (χ1) is 8.44. The van der Waals surface area contributed by atoms with E-state index in [-0.39, 0.29) is 5.02 Å². The zero-order valence-electron chi connectivity index (χ0n) is 9.06. The van der Waals surface area contributed by atoms with Gasteiger partial charge in [0.25, 0.3) is 0 Å². The van der Waals surface area contributed by atoms with E-state index in [1.54, 1.807) is 0 Å². The van der Waals surface area contributed by atoms with Gasteiger partial charge in [-0.2, -0.15) is 26.3 Å². The van der Waals surface area contributed by atoms with Crippen molar-refractivity contribution in [2.75, 3.05) is 0 Å². The summed E-state index contributed by atoms with van der Waals surface area (Å²) < 4.78 is 74.1. The van der Waals surface area contributed by atoms with Crippen LogP contribution in [0.2, 0.25) is 5.02 Å². The van der Waals surface area contributed by atoms with Crippen molar-refractivity contribution >= 4 is 11.6 Å². The molecule has 0 unspecified atom stereocenters. The highest BCUT2D eigenvalue weighted by atomic mass is 35.5. The number of nitrogens with two attached hydrogens (primary N) is 1. The number of hydrogen-bond acceptors (Lipinski definition) is 2. The van der Waals surface area contributed by atoms with E-state index in [4.69, 9.17) is 22.4 Å². The lowest BCUT2D eigenvalue weighted by Crippen LogP contribution is -2.39. The molecule has 1 aromatic carbocycles. The second-order valence-corrected chi connectivity index (χ2v) is 4.15. The van der Waals surface area contributed by atoms with Crippen LogP contribution in [0.15, 0.2) is 18.2 Å². The summed E-state index contributed by atoms with van der Waals surface area (Å²) in [6.07, 6.45) is -12.8. The second kappa shape index (κ2) is 5.18. The highest BCUT2D eigenvalue weighted by Crippen LogP contribution is 2.36. The molecule has 0 aliphatic rings. The van der Waals surface area contributed by atoms with Crippen LogP contribution in [0.3, 0.4) is 0 Å². The van der Waals surface area contributed by atoms with E-state index in [9.17, 15) is 26.3 Å². The fourth-order valence-corrected chi connectivity index (χ4v) is 1.59. The molecule has 2 atom stereocenters. The molecule has 2 nitrogen and oxygen atoms in total. The third-order valence-corrected chi connectivity index (χ3v) is 2.70. The number of aliphatic hydroxyl groups excluding tert-OH is 1. The summed E-state index contributed by atoms with van der Waals surface area (Å²) in [5.41, 5.74) is 3.29. The second-order valence-electron chi connectivity index (χ2n) is 3.75. The topological polar surface area (TPSA) is 46.2 Å². The normalized spacial score (nSPS) is 16.3. The van der Waals surface area contributed by atoms with E-state index in [1.165, 1.54) is 0 Å². The molecule has 1 aromatic rings. The van der Waals surface area contributed by atoms with Crippen molar-refractivity contribution in [3.05, 3.63) is 34.3 Å². The number of alkyl halides is 6. The standard InChI is InChI=1S/C10H8ClF6NO/c11-6-2-1-4(9(12,13)14)3-5(6)7(18)8(19)10(15,16)17/h1-3,7-8,19H,18H2/t7-,8-/m0/s1.